The minimum Gasteiger partial charge on any atom is -0.483 e. The normalized spacial score (nSPS) is 11.2. The van der Waals surface area contributed by atoms with Crippen LogP contribution in [0.15, 0.2) is 63.2 Å². The van der Waals surface area contributed by atoms with Crippen molar-refractivity contribution in [3.63, 3.8) is 0 Å². The SMILES string of the molecule is C/C=N/N=C(/C)OC.Cc1ccc(-c2nnc(-c3ccc(C)cc3)o2)cc1. The minimum absolute atomic E-state index is 0.551. The summed E-state index contributed by atoms with van der Waals surface area (Å²) in [5.41, 5.74) is 4.30. The van der Waals surface area contributed by atoms with Crippen LogP contribution in [0.1, 0.15) is 25.0 Å². The smallest absolute Gasteiger partial charge is 0.248 e. The zero-order valence-corrected chi connectivity index (χ0v) is 16.3. The molecule has 3 rings (SSSR count). The summed E-state index contributed by atoms with van der Waals surface area (Å²) in [6, 6.07) is 16.1. The molecule has 0 radical (unpaired) electrons. The van der Waals surface area contributed by atoms with Crippen LogP contribution in [0.4, 0.5) is 0 Å². The predicted octanol–water partition coefficient (Wildman–Crippen LogP) is 5.08. The van der Waals surface area contributed by atoms with Gasteiger partial charge in [-0.2, -0.15) is 5.10 Å². The molecule has 0 saturated heterocycles. The summed E-state index contributed by atoms with van der Waals surface area (Å²) in [4.78, 5) is 0. The zero-order chi connectivity index (χ0) is 19.6. The molecule has 0 saturated carbocycles. The first-order valence-corrected chi connectivity index (χ1v) is 8.57. The van der Waals surface area contributed by atoms with Gasteiger partial charge in [-0.15, -0.1) is 15.3 Å². The second-order valence-electron chi connectivity index (χ2n) is 5.84. The molecule has 6 heteroatoms. The van der Waals surface area contributed by atoms with E-state index in [9.17, 15) is 0 Å². The molecule has 0 bridgehead atoms. The summed E-state index contributed by atoms with van der Waals surface area (Å²) in [5, 5.41) is 15.4. The van der Waals surface area contributed by atoms with Gasteiger partial charge in [0.05, 0.1) is 7.11 Å². The van der Waals surface area contributed by atoms with Crippen molar-refractivity contribution in [2.45, 2.75) is 27.7 Å². The molecule has 1 aromatic heterocycles. The number of methoxy groups -OCH3 is 1. The highest BCUT2D eigenvalue weighted by Gasteiger charge is 2.09. The molecule has 0 N–H and O–H groups in total. The highest BCUT2D eigenvalue weighted by atomic mass is 16.5. The summed E-state index contributed by atoms with van der Waals surface area (Å²) < 4.78 is 10.4. The first kappa shape index (κ1) is 20.0. The van der Waals surface area contributed by atoms with E-state index in [4.69, 9.17) is 4.42 Å². The topological polar surface area (TPSA) is 72.9 Å². The van der Waals surface area contributed by atoms with Crippen molar-refractivity contribution >= 4 is 12.1 Å². The van der Waals surface area contributed by atoms with Crippen molar-refractivity contribution < 1.29 is 9.15 Å². The fraction of sp³-hybridized carbons (Fsp3) is 0.238. The summed E-state index contributed by atoms with van der Waals surface area (Å²) in [5.74, 6) is 1.68. The number of hydrogen-bond acceptors (Lipinski definition) is 6. The van der Waals surface area contributed by atoms with Crippen LogP contribution in [0.3, 0.4) is 0 Å². The highest BCUT2D eigenvalue weighted by molar-refractivity contribution is 5.73. The van der Waals surface area contributed by atoms with Gasteiger partial charge in [0.1, 0.15) is 0 Å². The molecule has 6 nitrogen and oxygen atoms in total. The average Bonchev–Trinajstić information content (AvgIpc) is 3.18. The standard InChI is InChI=1S/C16H14N2O.C5H10N2O/c1-11-3-7-13(8-4-11)15-17-18-16(19-15)14-9-5-12(2)6-10-14;1-4-6-7-5(2)8-3/h3-10H,1-2H3;4H,1-3H3/b;6-4+,7-5-. The molecule has 0 aliphatic heterocycles. The molecule has 140 valence electrons. The van der Waals surface area contributed by atoms with Crippen LogP contribution < -0.4 is 0 Å². The van der Waals surface area contributed by atoms with Gasteiger partial charge in [0.15, 0.2) is 0 Å². The lowest BCUT2D eigenvalue weighted by molar-refractivity contribution is 0.398. The molecule has 1 heterocycles. The van der Waals surface area contributed by atoms with Gasteiger partial charge in [-0.1, -0.05) is 35.4 Å². The van der Waals surface area contributed by atoms with Gasteiger partial charge >= 0.3 is 0 Å². The fourth-order valence-corrected chi connectivity index (χ4v) is 2.03. The van der Waals surface area contributed by atoms with Crippen LogP contribution >= 0.6 is 0 Å². The Morgan fingerprint density at radius 1 is 0.889 bits per heavy atom. The quantitative estimate of drug-likeness (QED) is 0.369. The summed E-state index contributed by atoms with van der Waals surface area (Å²) in [6.45, 7) is 7.64. The lowest BCUT2D eigenvalue weighted by atomic mass is 10.1. The Balaban J connectivity index is 0.000000279. The molecule has 0 atom stereocenters. The summed E-state index contributed by atoms with van der Waals surface area (Å²) in [7, 11) is 1.56. The summed E-state index contributed by atoms with van der Waals surface area (Å²) >= 11 is 0. The number of aromatic nitrogens is 2. The zero-order valence-electron chi connectivity index (χ0n) is 16.3. The molecule has 0 aliphatic carbocycles. The molecule has 0 unspecified atom stereocenters. The van der Waals surface area contributed by atoms with Crippen molar-refractivity contribution in [2.75, 3.05) is 7.11 Å². The van der Waals surface area contributed by atoms with E-state index in [-0.39, 0.29) is 0 Å². The number of ether oxygens (including phenoxy) is 1. The number of nitrogens with zero attached hydrogens (tertiary/aromatic N) is 4. The van der Waals surface area contributed by atoms with Crippen LogP contribution in [-0.2, 0) is 4.74 Å². The Hall–Kier alpha value is -3.28. The van der Waals surface area contributed by atoms with E-state index in [1.165, 1.54) is 11.1 Å². The van der Waals surface area contributed by atoms with Crippen molar-refractivity contribution in [3.8, 4) is 22.9 Å². The van der Waals surface area contributed by atoms with Crippen LogP contribution in [0.2, 0.25) is 0 Å². The third-order valence-electron chi connectivity index (χ3n) is 3.63. The maximum absolute atomic E-state index is 5.71. The van der Waals surface area contributed by atoms with Gasteiger partial charge in [-0.05, 0) is 45.0 Å². The van der Waals surface area contributed by atoms with Gasteiger partial charge in [-0.3, -0.25) is 0 Å². The van der Waals surface area contributed by atoms with E-state index in [2.05, 4.69) is 39.0 Å². The maximum Gasteiger partial charge on any atom is 0.248 e. The van der Waals surface area contributed by atoms with Crippen molar-refractivity contribution in [1.29, 1.82) is 0 Å². The van der Waals surface area contributed by atoms with Crippen molar-refractivity contribution in [2.24, 2.45) is 10.2 Å². The first-order valence-electron chi connectivity index (χ1n) is 8.57. The minimum atomic E-state index is 0.551. The van der Waals surface area contributed by atoms with Gasteiger partial charge in [0.25, 0.3) is 0 Å². The Morgan fingerprint density at radius 2 is 1.33 bits per heavy atom. The van der Waals surface area contributed by atoms with E-state index in [1.807, 2.05) is 48.5 Å². The third kappa shape index (κ3) is 6.18. The van der Waals surface area contributed by atoms with Crippen LogP contribution in [0.25, 0.3) is 22.9 Å². The lowest BCUT2D eigenvalue weighted by Crippen LogP contribution is -1.90. The largest absolute Gasteiger partial charge is 0.483 e. The number of benzene rings is 2. The first-order chi connectivity index (χ1) is 13.0. The molecule has 27 heavy (non-hydrogen) atoms. The average molecular weight is 364 g/mol. The second-order valence-corrected chi connectivity index (χ2v) is 5.84. The predicted molar refractivity (Wildman–Crippen MR) is 109 cm³/mol. The van der Waals surface area contributed by atoms with Gasteiger partial charge in [-0.25, -0.2) is 0 Å². The maximum atomic E-state index is 5.71. The molecule has 0 aliphatic rings. The second kappa shape index (κ2) is 10.0. The Kier molecular flexibility index (Phi) is 7.43. The van der Waals surface area contributed by atoms with Gasteiger partial charge in [0, 0.05) is 24.3 Å². The van der Waals surface area contributed by atoms with E-state index >= 15 is 0 Å². The molecule has 0 amide bonds. The van der Waals surface area contributed by atoms with Crippen LogP contribution in [0, 0.1) is 13.8 Å². The van der Waals surface area contributed by atoms with Gasteiger partial charge in [0.2, 0.25) is 17.7 Å². The Bertz CT molecular complexity index is 835. The van der Waals surface area contributed by atoms with E-state index < -0.39 is 0 Å². The van der Waals surface area contributed by atoms with Crippen molar-refractivity contribution in [1.82, 2.24) is 10.2 Å². The molecule has 2 aromatic carbocycles. The molecule has 0 spiro atoms. The lowest BCUT2D eigenvalue weighted by Gasteiger charge is -1.96. The van der Waals surface area contributed by atoms with E-state index in [0.29, 0.717) is 17.7 Å². The highest BCUT2D eigenvalue weighted by Crippen LogP contribution is 2.24. The van der Waals surface area contributed by atoms with E-state index in [1.54, 1.807) is 27.2 Å². The van der Waals surface area contributed by atoms with Crippen molar-refractivity contribution in [3.05, 3.63) is 59.7 Å². The molecule has 0 fully saturated rings. The molecular weight excluding hydrogens is 340 g/mol. The number of hydrogen-bond donors (Lipinski definition) is 0. The van der Waals surface area contributed by atoms with E-state index in [0.717, 1.165) is 11.1 Å². The Labute approximate surface area is 159 Å². The van der Waals surface area contributed by atoms with Gasteiger partial charge < -0.3 is 9.15 Å². The number of aryl methyl sites for hydroxylation is 2. The third-order valence-corrected chi connectivity index (χ3v) is 3.63. The van der Waals surface area contributed by atoms with Crippen LogP contribution in [0.5, 0.6) is 0 Å². The van der Waals surface area contributed by atoms with Crippen LogP contribution in [-0.4, -0.2) is 29.4 Å². The molecular formula is C21H24N4O2. The fourth-order valence-electron chi connectivity index (χ4n) is 2.03. The summed E-state index contributed by atoms with van der Waals surface area (Å²) in [6.07, 6.45) is 1.60. The Morgan fingerprint density at radius 3 is 1.70 bits per heavy atom. The monoisotopic (exact) mass is 364 g/mol. The number of rotatable bonds is 3. The molecule has 3 aromatic rings.